The van der Waals surface area contributed by atoms with Crippen LogP contribution in [0.4, 0.5) is 0 Å². The summed E-state index contributed by atoms with van der Waals surface area (Å²) in [6.45, 7) is 9.47. The average Bonchev–Trinajstić information content (AvgIpc) is 3.76. The Labute approximate surface area is 246 Å². The van der Waals surface area contributed by atoms with E-state index < -0.39 is 18.4 Å². The standard InChI is InChI=1S/C30H29IO.C5H10.Li/c1-2-21-12-14-22(15-13-21)25-19-28-30(29(32)20-25)26(23-8-4-3-5-9-23)18-24-10-6-7-11-27(24)31(28)16-17-31;1-3-5-4-2;/h4-15,25-26H,2,16-20H2,1H3;1-5H2;/q2*-2;+1. The maximum Gasteiger partial charge on any atom is 1.00 e. The minimum absolute atomic E-state index is 0. The number of unbranched alkanes of at least 4 members (excludes halogenated alkanes) is 2. The van der Waals surface area contributed by atoms with Crippen LogP contribution >= 0.6 is 0 Å². The van der Waals surface area contributed by atoms with Gasteiger partial charge in [-0.05, 0) is 0 Å². The molecule has 0 saturated carbocycles. The van der Waals surface area contributed by atoms with E-state index in [0.717, 1.165) is 32.1 Å². The molecule has 2 heterocycles. The van der Waals surface area contributed by atoms with Crippen molar-refractivity contribution >= 4 is 5.78 Å². The molecule has 0 amide bonds. The number of carbonyl (C=O) groups is 1. The van der Waals surface area contributed by atoms with Crippen LogP contribution in [0.3, 0.4) is 0 Å². The fraction of sp³-hybridized carbons (Fsp3) is 0.343. The summed E-state index contributed by atoms with van der Waals surface area (Å²) < 4.78 is 5.99. The van der Waals surface area contributed by atoms with Gasteiger partial charge in [-0.3, -0.25) is 0 Å². The minimum atomic E-state index is -2.27. The molecule has 3 aromatic carbocycles. The Hall–Kier alpha value is -1.60. The van der Waals surface area contributed by atoms with Crippen molar-refractivity contribution in [1.82, 2.24) is 0 Å². The van der Waals surface area contributed by atoms with E-state index in [0.29, 0.717) is 18.1 Å². The van der Waals surface area contributed by atoms with E-state index in [2.05, 4.69) is 87.5 Å². The molecule has 3 aliphatic rings. The summed E-state index contributed by atoms with van der Waals surface area (Å²) in [5.41, 5.74) is 6.72. The Bertz CT molecular complexity index is 1250. The van der Waals surface area contributed by atoms with Crippen molar-refractivity contribution in [3.63, 3.8) is 0 Å². The minimum Gasteiger partial charge on any atom is -0.343 e. The Morgan fingerprint density at radius 3 is 2.16 bits per heavy atom. The molecule has 1 fully saturated rings. The quantitative estimate of drug-likeness (QED) is 0.187. The number of hydrogen-bond acceptors (Lipinski definition) is 1. The first-order valence-electron chi connectivity index (χ1n) is 13.8. The molecule has 196 valence electrons. The molecule has 3 aromatic rings. The molecule has 1 saturated heterocycles. The molecule has 2 unspecified atom stereocenters. The molecule has 3 heteroatoms. The second-order valence-corrected chi connectivity index (χ2v) is 19.7. The van der Waals surface area contributed by atoms with Crippen LogP contribution in [0.15, 0.2) is 81.9 Å². The van der Waals surface area contributed by atoms with Gasteiger partial charge >= 0.3 is 215 Å². The second-order valence-electron chi connectivity index (χ2n) is 10.4. The molecule has 2 aliphatic heterocycles. The van der Waals surface area contributed by atoms with Gasteiger partial charge in [0.1, 0.15) is 0 Å². The molecule has 1 spiro atoms. The van der Waals surface area contributed by atoms with E-state index in [4.69, 9.17) is 0 Å². The van der Waals surface area contributed by atoms with Crippen LogP contribution in [0.2, 0.25) is 0 Å². The Morgan fingerprint density at radius 2 is 1.55 bits per heavy atom. The van der Waals surface area contributed by atoms with Crippen LogP contribution in [0, 0.1) is 23.5 Å². The molecular formula is C35H39ILiO-3. The second kappa shape index (κ2) is 13.2. The molecule has 38 heavy (non-hydrogen) atoms. The number of Topliss-reactive ketones (excluding diaryl/α,β-unsaturated/α-hetero) is 1. The number of carbonyl (C=O) groups excluding carboxylic acids is 1. The van der Waals surface area contributed by atoms with E-state index in [9.17, 15) is 4.79 Å². The van der Waals surface area contributed by atoms with Gasteiger partial charge in [0.05, 0.1) is 0 Å². The third-order valence-corrected chi connectivity index (χ3v) is 18.1. The van der Waals surface area contributed by atoms with Gasteiger partial charge in [-0.25, -0.2) is 0 Å². The molecular weight excluding hydrogens is 570 g/mol. The van der Waals surface area contributed by atoms with Crippen molar-refractivity contribution in [1.29, 1.82) is 0 Å². The molecule has 1 nitrogen and oxygen atoms in total. The normalized spacial score (nSPS) is 21.7. The zero-order valence-electron chi connectivity index (χ0n) is 23.1. The van der Waals surface area contributed by atoms with Crippen molar-refractivity contribution < 1.29 is 42.1 Å². The van der Waals surface area contributed by atoms with Crippen LogP contribution in [0.1, 0.15) is 73.1 Å². The monoisotopic (exact) mass is 609 g/mol. The van der Waals surface area contributed by atoms with Crippen LogP contribution in [0.25, 0.3) is 0 Å². The predicted molar refractivity (Wildman–Crippen MR) is 151 cm³/mol. The fourth-order valence-corrected chi connectivity index (χ4v) is 18.0. The maximum absolute atomic E-state index is 13.9. The first-order chi connectivity index (χ1) is 18.1. The number of hydrogen-bond donors (Lipinski definition) is 0. The van der Waals surface area contributed by atoms with Crippen LogP contribution in [0.5, 0.6) is 0 Å². The number of fused-ring (bicyclic) bond motifs is 3. The molecule has 0 N–H and O–H groups in total. The topological polar surface area (TPSA) is 17.1 Å². The van der Waals surface area contributed by atoms with Crippen molar-refractivity contribution in [3.05, 3.63) is 128 Å². The predicted octanol–water partition coefficient (Wildman–Crippen LogP) is 1.96. The van der Waals surface area contributed by atoms with Gasteiger partial charge in [0.15, 0.2) is 0 Å². The number of halogens is 1. The van der Waals surface area contributed by atoms with E-state index in [1.54, 1.807) is 7.15 Å². The van der Waals surface area contributed by atoms with Gasteiger partial charge < -0.3 is 13.8 Å². The molecule has 0 radical (unpaired) electrons. The molecule has 0 bridgehead atoms. The van der Waals surface area contributed by atoms with Gasteiger partial charge in [-0.1, -0.05) is 0 Å². The number of rotatable bonds is 5. The number of allylic oxidation sites excluding steroid dienone is 2. The molecule has 0 aromatic heterocycles. The Kier molecular flexibility index (Phi) is 10.2. The van der Waals surface area contributed by atoms with Gasteiger partial charge in [-0.15, -0.1) is 6.42 Å². The summed E-state index contributed by atoms with van der Waals surface area (Å²) >= 11 is -2.27. The first kappa shape index (κ1) is 29.4. The van der Waals surface area contributed by atoms with Crippen molar-refractivity contribution in [2.24, 2.45) is 0 Å². The summed E-state index contributed by atoms with van der Waals surface area (Å²) in [4.78, 5) is 13.9. The van der Waals surface area contributed by atoms with Crippen LogP contribution < -0.4 is 37.3 Å². The number of ketones is 1. The van der Waals surface area contributed by atoms with Gasteiger partial charge in [0.2, 0.25) is 0 Å². The van der Waals surface area contributed by atoms with Crippen molar-refractivity contribution in [3.8, 4) is 0 Å². The number of alkyl halides is 2. The molecule has 6 rings (SSSR count). The third-order valence-electron chi connectivity index (χ3n) is 8.08. The van der Waals surface area contributed by atoms with Crippen LogP contribution in [-0.2, 0) is 17.6 Å². The van der Waals surface area contributed by atoms with E-state index in [1.807, 2.05) is 12.1 Å². The largest absolute Gasteiger partial charge is 1.00 e. The summed E-state index contributed by atoms with van der Waals surface area (Å²) in [7, 11) is 0. The van der Waals surface area contributed by atoms with Crippen LogP contribution in [-0.4, -0.2) is 14.6 Å². The SMILES string of the molecule is CCc1ccc(C2CC(=O)C3=C(C2)[I-]2(CC2)c2ccccc2CC3c2cc[c-]cc2)cc1.[CH2-]CCC[CH2-].[Li+]. The summed E-state index contributed by atoms with van der Waals surface area (Å²) in [6, 6.07) is 29.8. The van der Waals surface area contributed by atoms with E-state index in [1.165, 1.54) is 43.1 Å². The first-order valence-corrected chi connectivity index (χ1v) is 19.0. The van der Waals surface area contributed by atoms with E-state index >= 15 is 0 Å². The Morgan fingerprint density at radius 1 is 0.868 bits per heavy atom. The number of benzene rings is 3. The summed E-state index contributed by atoms with van der Waals surface area (Å²) in [5.74, 6) is 0.944. The summed E-state index contributed by atoms with van der Waals surface area (Å²) in [5, 5.41) is 0. The molecule has 1 aliphatic carbocycles. The van der Waals surface area contributed by atoms with Crippen molar-refractivity contribution in [2.45, 2.75) is 63.7 Å². The van der Waals surface area contributed by atoms with Gasteiger partial charge in [-0.2, -0.15) is 12.8 Å². The van der Waals surface area contributed by atoms with Crippen molar-refractivity contribution in [2.75, 3.05) is 8.86 Å². The zero-order chi connectivity index (χ0) is 25.8. The Balaban J connectivity index is 0.000000516. The van der Waals surface area contributed by atoms with Gasteiger partial charge in [0.25, 0.3) is 0 Å². The third kappa shape index (κ3) is 5.94. The maximum atomic E-state index is 13.9. The molecule has 2 atom stereocenters. The van der Waals surface area contributed by atoms with E-state index in [-0.39, 0.29) is 24.8 Å². The summed E-state index contributed by atoms with van der Waals surface area (Å²) in [6.07, 6.45) is 7.00. The van der Waals surface area contributed by atoms with Gasteiger partial charge in [0, 0.05) is 0 Å². The fourth-order valence-electron chi connectivity index (χ4n) is 5.93. The zero-order valence-corrected chi connectivity index (χ0v) is 25.3. The number of aryl methyl sites for hydroxylation is 1. The average molecular weight is 610 g/mol. The smallest absolute Gasteiger partial charge is 0.343 e.